The number of benzene rings is 6. The first-order valence-electron chi connectivity index (χ1n) is 15.2. The molecule has 0 saturated heterocycles. The lowest BCUT2D eigenvalue weighted by Crippen LogP contribution is -1.96. The summed E-state index contributed by atoms with van der Waals surface area (Å²) in [6.07, 6.45) is 1.91. The van der Waals surface area contributed by atoms with Crippen molar-refractivity contribution >= 4 is 75.3 Å². The molecule has 0 radical (unpaired) electrons. The van der Waals surface area contributed by atoms with Crippen LogP contribution in [0, 0.1) is 0 Å². The van der Waals surface area contributed by atoms with Crippen molar-refractivity contribution in [3.8, 4) is 22.5 Å². The highest BCUT2D eigenvalue weighted by atomic mass is 32.1. The van der Waals surface area contributed by atoms with Gasteiger partial charge in [-0.1, -0.05) is 97.1 Å². The van der Waals surface area contributed by atoms with Crippen molar-refractivity contribution < 1.29 is 0 Å². The number of para-hydroxylation sites is 3. The van der Waals surface area contributed by atoms with Gasteiger partial charge in [0.15, 0.2) is 0 Å². The van der Waals surface area contributed by atoms with Crippen LogP contribution < -0.4 is 0 Å². The molecule has 0 fully saturated rings. The van der Waals surface area contributed by atoms with E-state index in [0.29, 0.717) is 0 Å². The van der Waals surface area contributed by atoms with Gasteiger partial charge in [-0.25, -0.2) is 4.98 Å². The number of fused-ring (bicyclic) bond motifs is 12. The molecule has 4 heterocycles. The molecule has 4 heteroatoms. The summed E-state index contributed by atoms with van der Waals surface area (Å²) in [5, 5.41) is 7.54. The molecule has 10 rings (SSSR count). The Morgan fingerprint density at radius 3 is 1.62 bits per heavy atom. The first kappa shape index (κ1) is 24.7. The second-order valence-electron chi connectivity index (χ2n) is 11.6. The van der Waals surface area contributed by atoms with Gasteiger partial charge < -0.3 is 9.13 Å². The highest BCUT2D eigenvalue weighted by Gasteiger charge is 2.26. The molecule has 0 spiro atoms. The predicted molar refractivity (Wildman–Crippen MR) is 191 cm³/mol. The zero-order valence-electron chi connectivity index (χ0n) is 24.2. The summed E-state index contributed by atoms with van der Waals surface area (Å²) in [6, 6.07) is 52.5. The summed E-state index contributed by atoms with van der Waals surface area (Å²) < 4.78 is 6.23. The van der Waals surface area contributed by atoms with Crippen molar-refractivity contribution in [2.75, 3.05) is 0 Å². The van der Waals surface area contributed by atoms with E-state index in [1.807, 2.05) is 6.20 Å². The predicted octanol–water partition coefficient (Wildman–Crippen LogP) is 11.3. The van der Waals surface area contributed by atoms with Crippen molar-refractivity contribution in [2.45, 2.75) is 0 Å². The molecule has 4 aromatic heterocycles. The van der Waals surface area contributed by atoms with E-state index < -0.39 is 0 Å². The molecule has 0 bridgehead atoms. The Bertz CT molecular complexity index is 2730. The summed E-state index contributed by atoms with van der Waals surface area (Å²) in [4.78, 5) is 5.94. The maximum atomic E-state index is 4.87. The quantitative estimate of drug-likeness (QED) is 0.200. The first-order chi connectivity index (χ1) is 22.4. The van der Waals surface area contributed by atoms with Crippen molar-refractivity contribution in [1.82, 2.24) is 14.1 Å². The van der Waals surface area contributed by atoms with Crippen LogP contribution in [0.5, 0.6) is 0 Å². The molecule has 10 aromatic rings. The number of rotatable bonds is 3. The average molecular weight is 592 g/mol. The van der Waals surface area contributed by atoms with Crippen LogP contribution in [0.15, 0.2) is 152 Å². The summed E-state index contributed by atoms with van der Waals surface area (Å²) in [5.74, 6) is 0. The van der Waals surface area contributed by atoms with Crippen LogP contribution in [-0.4, -0.2) is 14.1 Å². The van der Waals surface area contributed by atoms with Crippen LogP contribution >= 0.6 is 11.3 Å². The third kappa shape index (κ3) is 3.43. The topological polar surface area (TPSA) is 22.8 Å². The summed E-state index contributed by atoms with van der Waals surface area (Å²) in [5.41, 5.74) is 9.61. The highest BCUT2D eigenvalue weighted by Crippen LogP contribution is 2.50. The van der Waals surface area contributed by atoms with Gasteiger partial charge >= 0.3 is 0 Å². The fourth-order valence-corrected chi connectivity index (χ4v) is 8.52. The maximum Gasteiger partial charge on any atom is 0.124 e. The van der Waals surface area contributed by atoms with E-state index in [0.717, 1.165) is 16.2 Å². The molecule has 6 aromatic carbocycles. The van der Waals surface area contributed by atoms with Gasteiger partial charge in [0.25, 0.3) is 0 Å². The number of aromatic nitrogens is 3. The molecule has 45 heavy (non-hydrogen) atoms. The van der Waals surface area contributed by atoms with Gasteiger partial charge in [0.2, 0.25) is 0 Å². The van der Waals surface area contributed by atoms with Crippen LogP contribution in [0.2, 0.25) is 0 Å². The second-order valence-corrected chi connectivity index (χ2v) is 12.6. The fourth-order valence-electron chi connectivity index (χ4n) is 7.31. The van der Waals surface area contributed by atoms with E-state index in [2.05, 4.69) is 155 Å². The van der Waals surface area contributed by atoms with Crippen LogP contribution in [-0.2, 0) is 0 Å². The standard InChI is InChI=1S/C41H25N3S/c1-3-12-26(13-4-1)27-21-23-29(24-22-27)44-34-20-10-8-17-31(34)36-38(44)35-30-16-7-9-19-33(30)43(28-14-5-2-6-15-28)39(35)37-32-18-11-25-42-41(32)45-40(36)37/h1-25H. The van der Waals surface area contributed by atoms with Gasteiger partial charge in [0, 0.05) is 54.6 Å². The molecule has 0 saturated carbocycles. The largest absolute Gasteiger partial charge is 0.308 e. The minimum atomic E-state index is 1.07. The van der Waals surface area contributed by atoms with Crippen LogP contribution in [0.25, 0.3) is 86.4 Å². The van der Waals surface area contributed by atoms with E-state index >= 15 is 0 Å². The molecular weight excluding hydrogens is 567 g/mol. The minimum Gasteiger partial charge on any atom is -0.308 e. The van der Waals surface area contributed by atoms with Gasteiger partial charge in [0.1, 0.15) is 4.83 Å². The Hall–Kier alpha value is -5.71. The van der Waals surface area contributed by atoms with Gasteiger partial charge in [-0.05, 0) is 59.7 Å². The van der Waals surface area contributed by atoms with Crippen molar-refractivity contribution in [1.29, 1.82) is 0 Å². The zero-order chi connectivity index (χ0) is 29.5. The number of pyridine rings is 1. The Labute approximate surface area is 262 Å². The Morgan fingerprint density at radius 1 is 0.422 bits per heavy atom. The zero-order valence-corrected chi connectivity index (χ0v) is 25.0. The normalized spacial score (nSPS) is 12.0. The van der Waals surface area contributed by atoms with Gasteiger partial charge in [-0.3, -0.25) is 0 Å². The van der Waals surface area contributed by atoms with E-state index in [1.165, 1.54) is 70.2 Å². The van der Waals surface area contributed by atoms with Crippen molar-refractivity contribution in [2.24, 2.45) is 0 Å². The van der Waals surface area contributed by atoms with E-state index in [-0.39, 0.29) is 0 Å². The molecule has 0 amide bonds. The maximum absolute atomic E-state index is 4.87. The molecule has 0 aliphatic carbocycles. The number of nitrogens with zero attached hydrogens (tertiary/aromatic N) is 3. The number of thiophene rings is 1. The summed E-state index contributed by atoms with van der Waals surface area (Å²) in [7, 11) is 0. The average Bonchev–Trinajstić information content (AvgIpc) is 3.77. The lowest BCUT2D eigenvalue weighted by atomic mass is 10.0. The van der Waals surface area contributed by atoms with E-state index in [9.17, 15) is 0 Å². The first-order valence-corrected chi connectivity index (χ1v) is 16.1. The smallest absolute Gasteiger partial charge is 0.124 e. The highest BCUT2D eigenvalue weighted by molar-refractivity contribution is 7.26. The van der Waals surface area contributed by atoms with Crippen LogP contribution in [0.1, 0.15) is 0 Å². The summed E-state index contributed by atoms with van der Waals surface area (Å²) in [6.45, 7) is 0. The minimum absolute atomic E-state index is 1.07. The van der Waals surface area contributed by atoms with Crippen molar-refractivity contribution in [3.63, 3.8) is 0 Å². The molecule has 0 atom stereocenters. The monoisotopic (exact) mass is 591 g/mol. The third-order valence-electron chi connectivity index (χ3n) is 9.16. The fraction of sp³-hybridized carbons (Fsp3) is 0. The Balaban J connectivity index is 1.46. The number of hydrogen-bond acceptors (Lipinski definition) is 2. The van der Waals surface area contributed by atoms with Crippen molar-refractivity contribution in [3.05, 3.63) is 152 Å². The lowest BCUT2D eigenvalue weighted by Gasteiger charge is -2.12. The Kier molecular flexibility index (Phi) is 5.16. The SMILES string of the molecule is c1ccc(-c2ccc(-n3c4ccccc4c4c5sc6ncccc6c5c5c(c6ccccc6n5-c5ccccc5)c43)cc2)cc1. The molecule has 3 nitrogen and oxygen atoms in total. The van der Waals surface area contributed by atoms with Gasteiger partial charge in [0.05, 0.1) is 22.1 Å². The van der Waals surface area contributed by atoms with Gasteiger partial charge in [-0.2, -0.15) is 0 Å². The van der Waals surface area contributed by atoms with E-state index in [1.54, 1.807) is 11.3 Å². The molecule has 0 aliphatic heterocycles. The van der Waals surface area contributed by atoms with Gasteiger partial charge in [-0.15, -0.1) is 11.3 Å². The van der Waals surface area contributed by atoms with Crippen LogP contribution in [0.3, 0.4) is 0 Å². The van der Waals surface area contributed by atoms with E-state index in [4.69, 9.17) is 4.98 Å². The molecule has 210 valence electrons. The summed E-state index contributed by atoms with van der Waals surface area (Å²) >= 11 is 1.81. The lowest BCUT2D eigenvalue weighted by molar-refractivity contribution is 1.18. The third-order valence-corrected chi connectivity index (χ3v) is 10.3. The Morgan fingerprint density at radius 2 is 0.933 bits per heavy atom. The van der Waals surface area contributed by atoms with Crippen LogP contribution in [0.4, 0.5) is 0 Å². The molecule has 0 N–H and O–H groups in total. The molecule has 0 unspecified atom stereocenters. The second kappa shape index (κ2) is 9.39. The molecule has 0 aliphatic rings. The number of hydrogen-bond donors (Lipinski definition) is 0. The molecular formula is C41H25N3S.